The molecule has 0 aromatic heterocycles. The van der Waals surface area contributed by atoms with Gasteiger partial charge >= 0.3 is 0 Å². The third kappa shape index (κ3) is 2.87. The molecule has 20 heavy (non-hydrogen) atoms. The van der Waals surface area contributed by atoms with E-state index in [2.05, 4.69) is 46.3 Å². The average Bonchev–Trinajstić information content (AvgIpc) is 2.54. The van der Waals surface area contributed by atoms with Crippen LogP contribution in [0.2, 0.25) is 0 Å². The highest BCUT2D eigenvalue weighted by Crippen LogP contribution is 2.35. The molecule has 0 saturated carbocycles. The van der Waals surface area contributed by atoms with E-state index in [1.54, 1.807) is 0 Å². The predicted octanol–water partition coefficient (Wildman–Crippen LogP) is 1.26. The van der Waals surface area contributed by atoms with Crippen molar-refractivity contribution in [3.63, 3.8) is 0 Å². The number of benzene rings is 1. The third-order valence-corrected chi connectivity index (χ3v) is 4.40. The molecule has 4 nitrogen and oxygen atoms in total. The van der Waals surface area contributed by atoms with Gasteiger partial charge in [-0.25, -0.2) is 0 Å². The molecule has 1 unspecified atom stereocenters. The normalized spacial score (nSPS) is 21.4. The maximum Gasteiger partial charge on any atom is 0.0894 e. The van der Waals surface area contributed by atoms with Gasteiger partial charge in [0.2, 0.25) is 0 Å². The van der Waals surface area contributed by atoms with Gasteiger partial charge in [0.05, 0.1) is 5.66 Å². The molecule has 0 radical (unpaired) electrons. The fourth-order valence-electron chi connectivity index (χ4n) is 2.96. The molecule has 1 aromatic carbocycles. The minimum atomic E-state index is -0.105. The topological polar surface area (TPSA) is 62.1 Å². The van der Waals surface area contributed by atoms with E-state index in [9.17, 15) is 0 Å². The largest absolute Gasteiger partial charge is 0.391 e. The first-order valence-corrected chi connectivity index (χ1v) is 7.25. The lowest BCUT2D eigenvalue weighted by atomic mass is 9.81. The maximum atomic E-state index is 5.66. The molecule has 0 fully saturated rings. The Morgan fingerprint density at radius 2 is 1.80 bits per heavy atom. The van der Waals surface area contributed by atoms with Crippen LogP contribution in [-0.4, -0.2) is 26.8 Å². The average molecular weight is 274 g/mol. The summed E-state index contributed by atoms with van der Waals surface area (Å²) in [5, 5.41) is 10.1. The first kappa shape index (κ1) is 15.0. The summed E-state index contributed by atoms with van der Waals surface area (Å²) in [7, 11) is 5.99. The van der Waals surface area contributed by atoms with Gasteiger partial charge in [-0.3, -0.25) is 10.6 Å². The second-order valence-corrected chi connectivity index (χ2v) is 5.36. The Hall–Kier alpha value is -1.36. The molecule has 5 N–H and O–H groups in total. The number of likely N-dealkylation sites (N-methyl/N-ethyl adjacent to an activating group) is 3. The van der Waals surface area contributed by atoms with Crippen LogP contribution >= 0.6 is 0 Å². The summed E-state index contributed by atoms with van der Waals surface area (Å²) in [5.41, 5.74) is 9.35. The Bertz CT molecular complexity index is 460. The second-order valence-electron chi connectivity index (χ2n) is 5.36. The standard InChI is InChI=1S/C16H26N4/c1-18-15-10-16(19-2,20-3)9-8-14(15)13-6-4-12(11-17)5-7-13/h4-7,10,14,18-20H,8-9,11,17H2,1-3H3. The molecule has 1 aliphatic carbocycles. The zero-order chi connectivity index (χ0) is 14.6. The molecule has 1 atom stereocenters. The summed E-state index contributed by atoms with van der Waals surface area (Å²) in [5.74, 6) is 0.432. The van der Waals surface area contributed by atoms with Gasteiger partial charge in [0, 0.05) is 25.2 Å². The van der Waals surface area contributed by atoms with Crippen molar-refractivity contribution >= 4 is 0 Å². The van der Waals surface area contributed by atoms with Crippen LogP contribution in [0.1, 0.15) is 29.9 Å². The van der Waals surface area contributed by atoms with Gasteiger partial charge in [0.1, 0.15) is 0 Å². The maximum absolute atomic E-state index is 5.66. The smallest absolute Gasteiger partial charge is 0.0894 e. The van der Waals surface area contributed by atoms with Crippen molar-refractivity contribution < 1.29 is 0 Å². The molecular formula is C16H26N4. The molecule has 0 bridgehead atoms. The zero-order valence-electron chi connectivity index (χ0n) is 12.7. The molecule has 0 amide bonds. The molecule has 0 spiro atoms. The zero-order valence-corrected chi connectivity index (χ0v) is 12.7. The highest BCUT2D eigenvalue weighted by molar-refractivity contribution is 5.34. The first-order chi connectivity index (χ1) is 9.68. The van der Waals surface area contributed by atoms with Crippen LogP contribution in [0.15, 0.2) is 36.0 Å². The van der Waals surface area contributed by atoms with Crippen molar-refractivity contribution in [1.82, 2.24) is 16.0 Å². The van der Waals surface area contributed by atoms with Crippen LogP contribution in [0.5, 0.6) is 0 Å². The summed E-state index contributed by atoms with van der Waals surface area (Å²) >= 11 is 0. The summed E-state index contributed by atoms with van der Waals surface area (Å²) in [6.45, 7) is 0.599. The number of nitrogens with one attached hydrogen (secondary N) is 3. The Balaban J connectivity index is 2.28. The van der Waals surface area contributed by atoms with Crippen LogP contribution < -0.4 is 21.7 Å². The number of nitrogens with two attached hydrogens (primary N) is 1. The SMILES string of the molecule is CNC1=CC(NC)(NC)CCC1c1ccc(CN)cc1. The number of hydrogen-bond acceptors (Lipinski definition) is 4. The lowest BCUT2D eigenvalue weighted by molar-refractivity contribution is 0.310. The summed E-state index contributed by atoms with van der Waals surface area (Å²) in [6, 6.07) is 8.65. The molecule has 0 heterocycles. The second kappa shape index (κ2) is 6.39. The molecule has 0 saturated heterocycles. The van der Waals surface area contributed by atoms with E-state index >= 15 is 0 Å². The van der Waals surface area contributed by atoms with Crippen molar-refractivity contribution in [3.05, 3.63) is 47.2 Å². The molecule has 2 rings (SSSR count). The van der Waals surface area contributed by atoms with E-state index < -0.39 is 0 Å². The minimum Gasteiger partial charge on any atom is -0.391 e. The van der Waals surface area contributed by atoms with Crippen LogP contribution in [0.25, 0.3) is 0 Å². The van der Waals surface area contributed by atoms with E-state index in [1.165, 1.54) is 16.8 Å². The Kier molecular flexibility index (Phi) is 4.81. The van der Waals surface area contributed by atoms with Gasteiger partial charge < -0.3 is 11.1 Å². The van der Waals surface area contributed by atoms with Crippen LogP contribution in [-0.2, 0) is 6.54 Å². The van der Waals surface area contributed by atoms with E-state index in [0.717, 1.165) is 12.8 Å². The lowest BCUT2D eigenvalue weighted by Crippen LogP contribution is -2.54. The van der Waals surface area contributed by atoms with Gasteiger partial charge in [-0.1, -0.05) is 24.3 Å². The van der Waals surface area contributed by atoms with Crippen LogP contribution in [0.3, 0.4) is 0 Å². The molecule has 0 aliphatic heterocycles. The van der Waals surface area contributed by atoms with Gasteiger partial charge in [-0.2, -0.15) is 0 Å². The van der Waals surface area contributed by atoms with Gasteiger partial charge in [-0.15, -0.1) is 0 Å². The lowest BCUT2D eigenvalue weighted by Gasteiger charge is -2.38. The number of hydrogen-bond donors (Lipinski definition) is 4. The van der Waals surface area contributed by atoms with Gasteiger partial charge in [0.25, 0.3) is 0 Å². The fraction of sp³-hybridized carbons (Fsp3) is 0.500. The minimum absolute atomic E-state index is 0.105. The van der Waals surface area contributed by atoms with E-state index in [1.807, 2.05) is 21.1 Å². The quantitative estimate of drug-likeness (QED) is 0.611. The Labute approximate surface area is 121 Å². The highest BCUT2D eigenvalue weighted by atomic mass is 15.2. The van der Waals surface area contributed by atoms with Crippen molar-refractivity contribution in [2.75, 3.05) is 21.1 Å². The first-order valence-electron chi connectivity index (χ1n) is 7.25. The fourth-order valence-corrected chi connectivity index (χ4v) is 2.96. The van der Waals surface area contributed by atoms with Gasteiger partial charge in [0.15, 0.2) is 0 Å². The van der Waals surface area contributed by atoms with Crippen LogP contribution in [0, 0.1) is 0 Å². The van der Waals surface area contributed by atoms with E-state index in [-0.39, 0.29) is 5.66 Å². The molecular weight excluding hydrogens is 248 g/mol. The van der Waals surface area contributed by atoms with E-state index in [0.29, 0.717) is 12.5 Å². The van der Waals surface area contributed by atoms with Crippen molar-refractivity contribution in [2.45, 2.75) is 31.0 Å². The summed E-state index contributed by atoms with van der Waals surface area (Å²) < 4.78 is 0. The Morgan fingerprint density at radius 1 is 1.15 bits per heavy atom. The van der Waals surface area contributed by atoms with Crippen molar-refractivity contribution in [3.8, 4) is 0 Å². The molecule has 4 heteroatoms. The van der Waals surface area contributed by atoms with Crippen molar-refractivity contribution in [1.29, 1.82) is 0 Å². The highest BCUT2D eigenvalue weighted by Gasteiger charge is 2.32. The number of allylic oxidation sites excluding steroid dienone is 1. The van der Waals surface area contributed by atoms with Gasteiger partial charge in [-0.05, 0) is 44.1 Å². The van der Waals surface area contributed by atoms with Crippen molar-refractivity contribution in [2.24, 2.45) is 5.73 Å². The monoisotopic (exact) mass is 274 g/mol. The molecule has 1 aromatic rings. The Morgan fingerprint density at radius 3 is 2.30 bits per heavy atom. The molecule has 1 aliphatic rings. The third-order valence-electron chi connectivity index (χ3n) is 4.40. The summed E-state index contributed by atoms with van der Waals surface area (Å²) in [6.07, 6.45) is 4.45. The molecule has 110 valence electrons. The van der Waals surface area contributed by atoms with Crippen LogP contribution in [0.4, 0.5) is 0 Å². The summed E-state index contributed by atoms with van der Waals surface area (Å²) in [4.78, 5) is 0. The van der Waals surface area contributed by atoms with E-state index in [4.69, 9.17) is 5.73 Å². The predicted molar refractivity (Wildman–Crippen MR) is 84.3 cm³/mol. The number of rotatable bonds is 5.